The number of nitrogens with zero attached hydrogens (tertiary/aromatic N) is 3. The minimum atomic E-state index is -3.65. The summed E-state index contributed by atoms with van der Waals surface area (Å²) in [5, 5.41) is 0. The van der Waals surface area contributed by atoms with Gasteiger partial charge in [-0.3, -0.25) is 4.79 Å². The molecule has 1 amide bonds. The highest BCUT2D eigenvalue weighted by Crippen LogP contribution is 2.29. The molecule has 29 heavy (non-hydrogen) atoms. The van der Waals surface area contributed by atoms with Crippen LogP contribution >= 0.6 is 0 Å². The van der Waals surface area contributed by atoms with Crippen LogP contribution in [0.15, 0.2) is 66.1 Å². The smallest absolute Gasteiger partial charge is 0.240 e. The van der Waals surface area contributed by atoms with E-state index in [1.54, 1.807) is 35.6 Å². The monoisotopic (exact) mass is 410 g/mol. The van der Waals surface area contributed by atoms with E-state index in [1.807, 2.05) is 35.0 Å². The summed E-state index contributed by atoms with van der Waals surface area (Å²) in [6, 6.07) is 12.6. The van der Waals surface area contributed by atoms with Crippen molar-refractivity contribution in [3.63, 3.8) is 0 Å². The second-order valence-electron chi connectivity index (χ2n) is 7.03. The lowest BCUT2D eigenvalue weighted by Gasteiger charge is -2.28. The summed E-state index contributed by atoms with van der Waals surface area (Å²) < 4.78 is 30.1. The summed E-state index contributed by atoms with van der Waals surface area (Å²) in [4.78, 5) is 17.7. The van der Waals surface area contributed by atoms with Crippen molar-refractivity contribution in [1.82, 2.24) is 14.3 Å². The fraction of sp³-hybridized carbons (Fsp3) is 0.238. The number of fused-ring (bicyclic) bond motifs is 1. The van der Waals surface area contributed by atoms with Crippen LogP contribution in [0, 0.1) is 0 Å². The molecule has 1 aliphatic rings. The molecule has 1 N–H and O–H groups in total. The molecular weight excluding hydrogens is 388 g/mol. The number of nitrogens with one attached hydrogen (secondary N) is 1. The molecule has 2 aromatic carbocycles. The highest BCUT2D eigenvalue weighted by molar-refractivity contribution is 7.89. The Morgan fingerprint density at radius 2 is 1.97 bits per heavy atom. The van der Waals surface area contributed by atoms with E-state index in [-0.39, 0.29) is 17.3 Å². The molecule has 0 fully saturated rings. The first kappa shape index (κ1) is 19.4. The maximum atomic E-state index is 12.8. The molecule has 4 rings (SSSR count). The Labute approximate surface area is 170 Å². The maximum Gasteiger partial charge on any atom is 0.240 e. The number of aromatic nitrogens is 2. The zero-order valence-electron chi connectivity index (χ0n) is 16.1. The van der Waals surface area contributed by atoms with Gasteiger partial charge in [0.05, 0.1) is 11.2 Å². The van der Waals surface area contributed by atoms with E-state index in [4.69, 9.17) is 0 Å². The number of hydrogen-bond donors (Lipinski definition) is 1. The molecule has 0 bridgehead atoms. The van der Waals surface area contributed by atoms with Gasteiger partial charge in [0.2, 0.25) is 15.9 Å². The third-order valence-electron chi connectivity index (χ3n) is 5.07. The van der Waals surface area contributed by atoms with Gasteiger partial charge in [0.25, 0.3) is 0 Å². The maximum absolute atomic E-state index is 12.8. The van der Waals surface area contributed by atoms with Crippen LogP contribution in [-0.4, -0.2) is 30.4 Å². The molecule has 1 aliphatic heterocycles. The molecule has 0 saturated carbocycles. The molecule has 0 aliphatic carbocycles. The van der Waals surface area contributed by atoms with Gasteiger partial charge in [0, 0.05) is 43.8 Å². The van der Waals surface area contributed by atoms with Crippen LogP contribution in [0.5, 0.6) is 0 Å². The van der Waals surface area contributed by atoms with Gasteiger partial charge in [0.15, 0.2) is 0 Å². The largest absolute Gasteiger partial charge is 0.312 e. The normalized spacial score (nSPS) is 13.9. The number of imidazole rings is 1. The number of anilines is 1. The standard InChI is InChI=1S/C21H22N4O3S/c1-16(26)25-11-2-3-18-13-20(8-9-21(18)25)29(27,28)23-14-17-4-6-19(7-5-17)24-12-10-22-15-24/h4-10,12-13,15,23H,2-3,11,14H2,1H3. The van der Waals surface area contributed by atoms with Gasteiger partial charge in [-0.2, -0.15) is 0 Å². The second kappa shape index (κ2) is 7.81. The molecular formula is C21H22N4O3S. The highest BCUT2D eigenvalue weighted by Gasteiger charge is 2.23. The SMILES string of the molecule is CC(=O)N1CCCc2cc(S(=O)(=O)NCc3ccc(-n4ccnc4)cc3)ccc21. The Bertz CT molecular complexity index is 1120. The molecule has 150 valence electrons. The molecule has 3 aromatic rings. The molecule has 0 spiro atoms. The quantitative estimate of drug-likeness (QED) is 0.701. The third-order valence-corrected chi connectivity index (χ3v) is 6.46. The Morgan fingerprint density at radius 3 is 2.66 bits per heavy atom. The minimum absolute atomic E-state index is 0.0289. The molecule has 0 saturated heterocycles. The zero-order chi connectivity index (χ0) is 20.4. The molecule has 0 radical (unpaired) electrons. The fourth-order valence-electron chi connectivity index (χ4n) is 3.53. The molecule has 0 atom stereocenters. The first-order valence-corrected chi connectivity index (χ1v) is 10.9. The van der Waals surface area contributed by atoms with Crippen LogP contribution in [0.25, 0.3) is 5.69 Å². The Kier molecular flexibility index (Phi) is 5.21. The molecule has 7 nitrogen and oxygen atoms in total. The first-order valence-electron chi connectivity index (χ1n) is 9.42. The number of sulfonamides is 1. The van der Waals surface area contributed by atoms with E-state index < -0.39 is 10.0 Å². The van der Waals surface area contributed by atoms with Crippen molar-refractivity contribution in [2.75, 3.05) is 11.4 Å². The fourth-order valence-corrected chi connectivity index (χ4v) is 4.60. The summed E-state index contributed by atoms with van der Waals surface area (Å²) in [7, 11) is -3.65. The van der Waals surface area contributed by atoms with Crippen LogP contribution < -0.4 is 9.62 Å². The van der Waals surface area contributed by atoms with Gasteiger partial charge in [-0.25, -0.2) is 18.1 Å². The lowest BCUT2D eigenvalue weighted by atomic mass is 10.0. The lowest BCUT2D eigenvalue weighted by Crippen LogP contribution is -2.33. The van der Waals surface area contributed by atoms with Crippen molar-refractivity contribution in [2.24, 2.45) is 0 Å². The Morgan fingerprint density at radius 1 is 1.17 bits per heavy atom. The van der Waals surface area contributed by atoms with Crippen LogP contribution in [0.4, 0.5) is 5.69 Å². The topological polar surface area (TPSA) is 84.3 Å². The third kappa shape index (κ3) is 4.08. The van der Waals surface area contributed by atoms with Crippen molar-refractivity contribution >= 4 is 21.6 Å². The van der Waals surface area contributed by atoms with Gasteiger partial charge >= 0.3 is 0 Å². The van der Waals surface area contributed by atoms with Crippen molar-refractivity contribution in [3.05, 3.63) is 72.3 Å². The predicted molar refractivity (Wildman–Crippen MR) is 110 cm³/mol. The molecule has 2 heterocycles. The van der Waals surface area contributed by atoms with E-state index in [0.29, 0.717) is 6.54 Å². The van der Waals surface area contributed by atoms with E-state index in [2.05, 4.69) is 9.71 Å². The van der Waals surface area contributed by atoms with Crippen molar-refractivity contribution in [1.29, 1.82) is 0 Å². The van der Waals surface area contributed by atoms with E-state index in [1.165, 1.54) is 6.92 Å². The van der Waals surface area contributed by atoms with Crippen molar-refractivity contribution < 1.29 is 13.2 Å². The van der Waals surface area contributed by atoms with Gasteiger partial charge in [-0.1, -0.05) is 12.1 Å². The van der Waals surface area contributed by atoms with E-state index in [0.717, 1.165) is 35.3 Å². The number of benzene rings is 2. The van der Waals surface area contributed by atoms with Crippen LogP contribution in [-0.2, 0) is 27.8 Å². The summed E-state index contributed by atoms with van der Waals surface area (Å²) in [6.07, 6.45) is 6.85. The molecule has 1 aromatic heterocycles. The highest BCUT2D eigenvalue weighted by atomic mass is 32.2. The summed E-state index contributed by atoms with van der Waals surface area (Å²) in [5.41, 5.74) is 3.51. The van der Waals surface area contributed by atoms with E-state index >= 15 is 0 Å². The number of rotatable bonds is 5. The predicted octanol–water partition coefficient (Wildman–Crippen LogP) is 2.65. The van der Waals surface area contributed by atoms with E-state index in [9.17, 15) is 13.2 Å². The van der Waals surface area contributed by atoms with Crippen molar-refractivity contribution in [3.8, 4) is 5.69 Å². The Balaban J connectivity index is 1.48. The Hall–Kier alpha value is -2.97. The van der Waals surface area contributed by atoms with Gasteiger partial charge < -0.3 is 9.47 Å². The minimum Gasteiger partial charge on any atom is -0.312 e. The van der Waals surface area contributed by atoms with Gasteiger partial charge in [0.1, 0.15) is 0 Å². The number of carbonyl (C=O) groups is 1. The van der Waals surface area contributed by atoms with Crippen LogP contribution in [0.3, 0.4) is 0 Å². The molecule has 0 unspecified atom stereocenters. The number of carbonyl (C=O) groups excluding carboxylic acids is 1. The summed E-state index contributed by atoms with van der Waals surface area (Å²) >= 11 is 0. The van der Waals surface area contributed by atoms with Crippen LogP contribution in [0.2, 0.25) is 0 Å². The summed E-state index contributed by atoms with van der Waals surface area (Å²) in [6.45, 7) is 2.39. The zero-order valence-corrected chi connectivity index (χ0v) is 16.9. The lowest BCUT2D eigenvalue weighted by molar-refractivity contribution is -0.116. The number of hydrogen-bond acceptors (Lipinski definition) is 4. The summed E-state index contributed by atoms with van der Waals surface area (Å²) in [5.74, 6) is -0.0289. The van der Waals surface area contributed by atoms with Crippen LogP contribution in [0.1, 0.15) is 24.5 Å². The molecule has 8 heteroatoms. The average molecular weight is 410 g/mol. The number of amides is 1. The van der Waals surface area contributed by atoms with Gasteiger partial charge in [-0.15, -0.1) is 0 Å². The average Bonchev–Trinajstić information content (AvgIpc) is 3.26. The van der Waals surface area contributed by atoms with Gasteiger partial charge in [-0.05, 0) is 54.3 Å². The first-order chi connectivity index (χ1) is 13.9. The second-order valence-corrected chi connectivity index (χ2v) is 8.79. The van der Waals surface area contributed by atoms with Crippen molar-refractivity contribution in [2.45, 2.75) is 31.2 Å². The number of aryl methyl sites for hydroxylation is 1.